The first-order chi connectivity index (χ1) is 14.6. The molecule has 1 fully saturated rings. The number of hydrogen-bond donors (Lipinski definition) is 2. The van der Waals surface area contributed by atoms with Gasteiger partial charge in [-0.25, -0.2) is 4.79 Å². The van der Waals surface area contributed by atoms with Crippen LogP contribution in [0, 0.1) is 0 Å². The number of halogens is 2. The van der Waals surface area contributed by atoms with Crippen LogP contribution >= 0.6 is 23.2 Å². The number of benzene rings is 2. The van der Waals surface area contributed by atoms with E-state index in [-0.39, 0.29) is 39.2 Å². The number of urea groups is 1. The topological polar surface area (TPSA) is 128 Å². The number of ether oxygens (including phenoxy) is 1. The standard InChI is InChI=1S/C19H14Cl2N2O7S/c1-2-29-15-9-10(7-13-17(24)22-19(26)23-18(13)25)8-14(21)16(15)30-31(27,28)12-5-3-11(20)4-6-12/h3-9H,2H2,1H3,(H2,22,23,24,25,26). The van der Waals surface area contributed by atoms with Crippen LogP contribution in [0.3, 0.4) is 0 Å². The maximum absolute atomic E-state index is 12.6. The highest BCUT2D eigenvalue weighted by molar-refractivity contribution is 7.87. The van der Waals surface area contributed by atoms with Gasteiger partial charge in [0.15, 0.2) is 5.75 Å². The van der Waals surface area contributed by atoms with Gasteiger partial charge in [-0.3, -0.25) is 20.2 Å². The quantitative estimate of drug-likeness (QED) is 0.366. The zero-order chi connectivity index (χ0) is 22.8. The van der Waals surface area contributed by atoms with Gasteiger partial charge in [-0.05, 0) is 55.0 Å². The number of hydrogen-bond acceptors (Lipinski definition) is 7. The minimum absolute atomic E-state index is 0.0351. The molecule has 1 saturated heterocycles. The fourth-order valence-corrected chi connectivity index (χ4v) is 3.93. The predicted molar refractivity (Wildman–Crippen MR) is 112 cm³/mol. The first-order valence-electron chi connectivity index (χ1n) is 8.65. The fourth-order valence-electron chi connectivity index (χ4n) is 2.55. The lowest BCUT2D eigenvalue weighted by Gasteiger charge is -2.16. The maximum atomic E-state index is 12.6. The highest BCUT2D eigenvalue weighted by Gasteiger charge is 2.28. The number of carbonyl (C=O) groups is 3. The van der Waals surface area contributed by atoms with Crippen molar-refractivity contribution in [2.75, 3.05) is 6.61 Å². The van der Waals surface area contributed by atoms with Crippen molar-refractivity contribution >= 4 is 57.2 Å². The summed E-state index contributed by atoms with van der Waals surface area (Å²) in [4.78, 5) is 34.8. The molecule has 1 heterocycles. The Morgan fingerprint density at radius 1 is 1.00 bits per heavy atom. The van der Waals surface area contributed by atoms with Gasteiger partial charge in [0.25, 0.3) is 11.8 Å². The van der Waals surface area contributed by atoms with Gasteiger partial charge in [-0.15, -0.1) is 0 Å². The van der Waals surface area contributed by atoms with Gasteiger partial charge in [0.05, 0.1) is 11.6 Å². The fraction of sp³-hybridized carbons (Fsp3) is 0.105. The van der Waals surface area contributed by atoms with E-state index in [2.05, 4.69) is 0 Å². The van der Waals surface area contributed by atoms with Gasteiger partial charge < -0.3 is 8.92 Å². The second-order valence-corrected chi connectivity index (χ2v) is 8.44. The van der Waals surface area contributed by atoms with Crippen molar-refractivity contribution in [2.24, 2.45) is 0 Å². The van der Waals surface area contributed by atoms with Crippen LogP contribution < -0.4 is 19.6 Å². The first kappa shape index (κ1) is 22.6. The highest BCUT2D eigenvalue weighted by atomic mass is 35.5. The molecule has 2 aromatic rings. The largest absolute Gasteiger partial charge is 0.490 e. The van der Waals surface area contributed by atoms with Crippen molar-refractivity contribution in [3.63, 3.8) is 0 Å². The van der Waals surface area contributed by atoms with Crippen LogP contribution in [0.15, 0.2) is 46.9 Å². The first-order valence-corrected chi connectivity index (χ1v) is 10.8. The van der Waals surface area contributed by atoms with E-state index < -0.39 is 28.0 Å². The Bertz CT molecular complexity index is 1190. The molecule has 0 bridgehead atoms. The second-order valence-electron chi connectivity index (χ2n) is 6.05. The summed E-state index contributed by atoms with van der Waals surface area (Å²) >= 11 is 12.0. The van der Waals surface area contributed by atoms with Crippen LogP contribution in [0.25, 0.3) is 6.08 Å². The van der Waals surface area contributed by atoms with Crippen molar-refractivity contribution < 1.29 is 31.7 Å². The second kappa shape index (κ2) is 8.96. The molecule has 3 rings (SSSR count). The summed E-state index contributed by atoms with van der Waals surface area (Å²) in [5.74, 6) is -2.10. The Balaban J connectivity index is 2.00. The van der Waals surface area contributed by atoms with Crippen LogP contribution in [0.5, 0.6) is 11.5 Å². The Kier molecular flexibility index (Phi) is 6.54. The number of imide groups is 2. The average molecular weight is 485 g/mol. The molecule has 31 heavy (non-hydrogen) atoms. The van der Waals surface area contributed by atoms with Crippen LogP contribution in [0.2, 0.25) is 10.0 Å². The van der Waals surface area contributed by atoms with Gasteiger partial charge in [0.1, 0.15) is 10.5 Å². The van der Waals surface area contributed by atoms with E-state index in [4.69, 9.17) is 32.1 Å². The minimum Gasteiger partial charge on any atom is -0.490 e. The Morgan fingerprint density at radius 3 is 2.19 bits per heavy atom. The molecule has 0 unspecified atom stereocenters. The number of carbonyl (C=O) groups excluding carboxylic acids is 3. The molecule has 0 aliphatic carbocycles. The van der Waals surface area contributed by atoms with E-state index >= 15 is 0 Å². The predicted octanol–water partition coefficient (Wildman–Crippen LogP) is 2.91. The van der Waals surface area contributed by atoms with E-state index in [9.17, 15) is 22.8 Å². The van der Waals surface area contributed by atoms with E-state index in [0.717, 1.165) is 0 Å². The van der Waals surface area contributed by atoms with E-state index in [1.165, 1.54) is 42.5 Å². The number of rotatable bonds is 6. The molecule has 12 heteroatoms. The van der Waals surface area contributed by atoms with Crippen LogP contribution in [0.4, 0.5) is 4.79 Å². The van der Waals surface area contributed by atoms with Crippen molar-refractivity contribution in [3.05, 3.63) is 57.6 Å². The number of nitrogens with one attached hydrogen (secondary N) is 2. The maximum Gasteiger partial charge on any atom is 0.339 e. The van der Waals surface area contributed by atoms with Gasteiger partial charge in [0, 0.05) is 5.02 Å². The molecular weight excluding hydrogens is 471 g/mol. The molecule has 2 N–H and O–H groups in total. The molecule has 1 aliphatic heterocycles. The SMILES string of the molecule is CCOc1cc(C=C2C(=O)NC(=O)NC2=O)cc(Cl)c1OS(=O)(=O)c1ccc(Cl)cc1. The van der Waals surface area contributed by atoms with Crippen molar-refractivity contribution in [2.45, 2.75) is 11.8 Å². The van der Waals surface area contributed by atoms with Gasteiger partial charge >= 0.3 is 16.1 Å². The summed E-state index contributed by atoms with van der Waals surface area (Å²) in [5.41, 5.74) is -0.111. The molecule has 0 atom stereocenters. The van der Waals surface area contributed by atoms with E-state index in [1.807, 2.05) is 10.6 Å². The summed E-state index contributed by atoms with van der Waals surface area (Å²) < 4.78 is 35.9. The minimum atomic E-state index is -4.26. The van der Waals surface area contributed by atoms with Crippen molar-refractivity contribution in [3.8, 4) is 11.5 Å². The average Bonchev–Trinajstić information content (AvgIpc) is 2.68. The number of amides is 4. The molecule has 0 radical (unpaired) electrons. The Labute approximate surface area is 187 Å². The smallest absolute Gasteiger partial charge is 0.339 e. The van der Waals surface area contributed by atoms with Crippen molar-refractivity contribution in [1.29, 1.82) is 0 Å². The van der Waals surface area contributed by atoms with E-state index in [1.54, 1.807) is 6.92 Å². The molecule has 4 amide bonds. The number of barbiturate groups is 1. The summed E-state index contributed by atoms with van der Waals surface area (Å²) in [6, 6.07) is 7.01. The molecular formula is C19H14Cl2N2O7S. The molecule has 1 aliphatic rings. The molecule has 9 nitrogen and oxygen atoms in total. The summed E-state index contributed by atoms with van der Waals surface area (Å²) in [5, 5.41) is 4.09. The van der Waals surface area contributed by atoms with Crippen LogP contribution in [-0.4, -0.2) is 32.9 Å². The van der Waals surface area contributed by atoms with Crippen LogP contribution in [-0.2, 0) is 19.7 Å². The molecule has 162 valence electrons. The van der Waals surface area contributed by atoms with E-state index in [0.29, 0.717) is 5.02 Å². The lowest BCUT2D eigenvalue weighted by molar-refractivity contribution is -0.123. The highest BCUT2D eigenvalue weighted by Crippen LogP contribution is 2.39. The van der Waals surface area contributed by atoms with Gasteiger partial charge in [-0.1, -0.05) is 23.2 Å². The molecule has 2 aromatic carbocycles. The normalized spacial score (nSPS) is 14.0. The zero-order valence-electron chi connectivity index (χ0n) is 15.8. The Hall–Kier alpha value is -3.08. The molecule has 0 spiro atoms. The molecule has 0 aromatic heterocycles. The summed E-state index contributed by atoms with van der Waals surface area (Å²) in [6.07, 6.45) is 1.17. The Morgan fingerprint density at radius 2 is 1.61 bits per heavy atom. The van der Waals surface area contributed by atoms with Gasteiger partial charge in [0.2, 0.25) is 5.75 Å². The summed E-state index contributed by atoms with van der Waals surface area (Å²) in [6.45, 7) is 1.80. The third kappa shape index (κ3) is 5.16. The summed E-state index contributed by atoms with van der Waals surface area (Å²) in [7, 11) is -4.26. The third-order valence-corrected chi connectivity index (χ3v) is 5.65. The van der Waals surface area contributed by atoms with Gasteiger partial charge in [-0.2, -0.15) is 8.42 Å². The monoisotopic (exact) mass is 484 g/mol. The zero-order valence-corrected chi connectivity index (χ0v) is 18.1. The van der Waals surface area contributed by atoms with Crippen LogP contribution in [0.1, 0.15) is 12.5 Å². The van der Waals surface area contributed by atoms with Crippen molar-refractivity contribution in [1.82, 2.24) is 10.6 Å². The molecule has 0 saturated carbocycles. The third-order valence-electron chi connectivity index (χ3n) is 3.88. The lowest BCUT2D eigenvalue weighted by atomic mass is 10.1. The lowest BCUT2D eigenvalue weighted by Crippen LogP contribution is -2.51.